The van der Waals surface area contributed by atoms with Gasteiger partial charge in [-0.25, -0.2) is 0 Å². The maximum Gasteiger partial charge on any atom is 0.0991 e. The van der Waals surface area contributed by atoms with Gasteiger partial charge in [-0.1, -0.05) is 42.5 Å². The molecule has 1 aliphatic rings. The molecule has 1 fully saturated rings. The Morgan fingerprint density at radius 3 is 2.55 bits per heavy atom. The van der Waals surface area contributed by atoms with Gasteiger partial charge in [-0.15, -0.1) is 0 Å². The molecule has 112 valence electrons. The van der Waals surface area contributed by atoms with E-state index in [-0.39, 0.29) is 0 Å². The van der Waals surface area contributed by atoms with Gasteiger partial charge in [0.05, 0.1) is 11.6 Å². The summed E-state index contributed by atoms with van der Waals surface area (Å²) in [5.41, 5.74) is 3.31. The molecule has 2 atom stereocenters. The molecule has 3 heteroatoms. The summed E-state index contributed by atoms with van der Waals surface area (Å²) >= 11 is 0. The third-order valence-electron chi connectivity index (χ3n) is 4.44. The molecule has 0 aliphatic carbocycles. The highest BCUT2D eigenvalue weighted by molar-refractivity contribution is 5.31. The zero-order valence-electron chi connectivity index (χ0n) is 12.9. The highest BCUT2D eigenvalue weighted by atomic mass is 15.2. The maximum atomic E-state index is 8.85. The summed E-state index contributed by atoms with van der Waals surface area (Å²) in [7, 11) is 2.20. The van der Waals surface area contributed by atoms with E-state index in [0.717, 1.165) is 19.5 Å². The van der Waals surface area contributed by atoms with Gasteiger partial charge in [0.15, 0.2) is 0 Å². The van der Waals surface area contributed by atoms with Crippen LogP contribution in [0.1, 0.15) is 29.2 Å². The summed E-state index contributed by atoms with van der Waals surface area (Å²) in [6, 6.07) is 21.6. The van der Waals surface area contributed by atoms with E-state index >= 15 is 0 Å². The molecule has 1 aliphatic heterocycles. The Morgan fingerprint density at radius 2 is 1.86 bits per heavy atom. The lowest BCUT2D eigenvalue weighted by Crippen LogP contribution is -2.34. The van der Waals surface area contributed by atoms with Gasteiger partial charge in [-0.05, 0) is 36.7 Å². The summed E-state index contributed by atoms with van der Waals surface area (Å²) in [5, 5.41) is 12.5. The molecule has 1 saturated heterocycles. The SMILES string of the molecule is CN1CC[C@H](NCc2ccc(C#N)cc2)[C@@H]1c1ccccc1. The average Bonchev–Trinajstić information content (AvgIpc) is 2.95. The fourth-order valence-electron chi connectivity index (χ4n) is 3.24. The number of hydrogen-bond acceptors (Lipinski definition) is 3. The van der Waals surface area contributed by atoms with E-state index in [1.54, 1.807) is 0 Å². The minimum atomic E-state index is 0.430. The Morgan fingerprint density at radius 1 is 1.14 bits per heavy atom. The van der Waals surface area contributed by atoms with Crippen molar-refractivity contribution in [3.8, 4) is 6.07 Å². The predicted octanol–water partition coefficient (Wildman–Crippen LogP) is 3.09. The first-order valence-corrected chi connectivity index (χ1v) is 7.75. The van der Waals surface area contributed by atoms with Crippen LogP contribution >= 0.6 is 0 Å². The first-order chi connectivity index (χ1) is 10.8. The molecule has 2 aromatic carbocycles. The number of rotatable bonds is 4. The third-order valence-corrected chi connectivity index (χ3v) is 4.44. The van der Waals surface area contributed by atoms with Crippen LogP contribution in [0.2, 0.25) is 0 Å². The largest absolute Gasteiger partial charge is 0.308 e. The van der Waals surface area contributed by atoms with Crippen LogP contribution in [0.25, 0.3) is 0 Å². The molecular formula is C19H21N3. The van der Waals surface area contributed by atoms with E-state index in [4.69, 9.17) is 5.26 Å². The summed E-state index contributed by atoms with van der Waals surface area (Å²) in [6.07, 6.45) is 1.16. The first-order valence-electron chi connectivity index (χ1n) is 7.75. The second-order valence-corrected chi connectivity index (χ2v) is 5.92. The average molecular weight is 291 g/mol. The molecule has 3 rings (SSSR count). The van der Waals surface area contributed by atoms with Gasteiger partial charge >= 0.3 is 0 Å². The fraction of sp³-hybridized carbons (Fsp3) is 0.316. The minimum absolute atomic E-state index is 0.430. The smallest absolute Gasteiger partial charge is 0.0991 e. The molecule has 0 bridgehead atoms. The number of likely N-dealkylation sites (N-methyl/N-ethyl adjacent to an activating group) is 1. The van der Waals surface area contributed by atoms with Crippen molar-refractivity contribution in [1.82, 2.24) is 10.2 Å². The van der Waals surface area contributed by atoms with E-state index in [1.807, 2.05) is 24.3 Å². The Labute approximate surface area is 132 Å². The number of nitriles is 1. The standard InChI is InChI=1S/C19H21N3/c1-22-12-11-18(19(22)17-5-3-2-4-6-17)21-14-16-9-7-15(13-20)8-10-16/h2-10,18-19,21H,11-12,14H2,1H3/t18-,19-/m0/s1. The van der Waals surface area contributed by atoms with Gasteiger partial charge in [-0.3, -0.25) is 4.90 Å². The summed E-state index contributed by atoms with van der Waals surface area (Å²) in [4.78, 5) is 2.42. The second kappa shape index (κ2) is 6.74. The van der Waals surface area contributed by atoms with Crippen LogP contribution < -0.4 is 5.32 Å². The quantitative estimate of drug-likeness (QED) is 0.941. The molecule has 0 aromatic heterocycles. The number of benzene rings is 2. The highest BCUT2D eigenvalue weighted by Crippen LogP contribution is 2.30. The summed E-state index contributed by atoms with van der Waals surface area (Å²) < 4.78 is 0. The Balaban J connectivity index is 1.67. The molecule has 22 heavy (non-hydrogen) atoms. The predicted molar refractivity (Wildman–Crippen MR) is 88.2 cm³/mol. The summed E-state index contributed by atoms with van der Waals surface area (Å²) in [5.74, 6) is 0. The Kier molecular flexibility index (Phi) is 4.53. The van der Waals surface area contributed by atoms with Crippen molar-refractivity contribution in [2.45, 2.75) is 25.0 Å². The van der Waals surface area contributed by atoms with Gasteiger partial charge in [0.2, 0.25) is 0 Å². The zero-order chi connectivity index (χ0) is 15.4. The van der Waals surface area contributed by atoms with Crippen molar-refractivity contribution < 1.29 is 0 Å². The van der Waals surface area contributed by atoms with E-state index in [9.17, 15) is 0 Å². The fourth-order valence-corrected chi connectivity index (χ4v) is 3.24. The van der Waals surface area contributed by atoms with Crippen LogP contribution in [0.4, 0.5) is 0 Å². The van der Waals surface area contributed by atoms with Crippen molar-refractivity contribution in [1.29, 1.82) is 5.26 Å². The monoisotopic (exact) mass is 291 g/mol. The molecule has 2 aromatic rings. The maximum absolute atomic E-state index is 8.85. The number of nitrogens with zero attached hydrogens (tertiary/aromatic N) is 2. The lowest BCUT2D eigenvalue weighted by Gasteiger charge is -2.26. The van der Waals surface area contributed by atoms with Crippen LogP contribution in [0, 0.1) is 11.3 Å². The number of likely N-dealkylation sites (tertiary alicyclic amines) is 1. The van der Waals surface area contributed by atoms with E-state index in [2.05, 4.69) is 53.7 Å². The third kappa shape index (κ3) is 3.19. The van der Waals surface area contributed by atoms with Crippen LogP contribution in [-0.2, 0) is 6.54 Å². The van der Waals surface area contributed by atoms with E-state index in [0.29, 0.717) is 17.6 Å². The molecule has 0 spiro atoms. The Bertz CT molecular complexity index is 643. The molecule has 3 nitrogen and oxygen atoms in total. The highest BCUT2D eigenvalue weighted by Gasteiger charge is 2.32. The van der Waals surface area contributed by atoms with Crippen LogP contribution in [0.5, 0.6) is 0 Å². The first kappa shape index (κ1) is 14.8. The van der Waals surface area contributed by atoms with Crippen molar-refractivity contribution in [3.05, 3.63) is 71.3 Å². The molecule has 0 amide bonds. The van der Waals surface area contributed by atoms with E-state index < -0.39 is 0 Å². The molecule has 1 heterocycles. The molecular weight excluding hydrogens is 270 g/mol. The van der Waals surface area contributed by atoms with Crippen molar-refractivity contribution >= 4 is 0 Å². The molecule has 0 unspecified atom stereocenters. The lowest BCUT2D eigenvalue weighted by molar-refractivity contribution is 0.286. The van der Waals surface area contributed by atoms with Gasteiger partial charge in [-0.2, -0.15) is 5.26 Å². The van der Waals surface area contributed by atoms with Gasteiger partial charge in [0, 0.05) is 25.2 Å². The van der Waals surface area contributed by atoms with Crippen LogP contribution in [0.3, 0.4) is 0 Å². The lowest BCUT2D eigenvalue weighted by atomic mass is 10.00. The summed E-state index contributed by atoms with van der Waals surface area (Å²) in [6.45, 7) is 1.96. The van der Waals surface area contributed by atoms with Crippen molar-refractivity contribution in [2.75, 3.05) is 13.6 Å². The second-order valence-electron chi connectivity index (χ2n) is 5.92. The zero-order valence-corrected chi connectivity index (χ0v) is 12.9. The van der Waals surface area contributed by atoms with Gasteiger partial charge in [0.1, 0.15) is 0 Å². The minimum Gasteiger partial charge on any atom is -0.308 e. The van der Waals surface area contributed by atoms with E-state index in [1.165, 1.54) is 11.1 Å². The molecule has 0 saturated carbocycles. The molecule has 1 N–H and O–H groups in total. The van der Waals surface area contributed by atoms with Crippen LogP contribution in [-0.4, -0.2) is 24.5 Å². The molecule has 0 radical (unpaired) electrons. The number of nitrogens with one attached hydrogen (secondary N) is 1. The number of hydrogen-bond donors (Lipinski definition) is 1. The van der Waals surface area contributed by atoms with Gasteiger partial charge < -0.3 is 5.32 Å². The van der Waals surface area contributed by atoms with Crippen molar-refractivity contribution in [2.24, 2.45) is 0 Å². The van der Waals surface area contributed by atoms with Crippen molar-refractivity contribution in [3.63, 3.8) is 0 Å². The Hall–Kier alpha value is -2.15. The van der Waals surface area contributed by atoms with Gasteiger partial charge in [0.25, 0.3) is 0 Å². The van der Waals surface area contributed by atoms with Crippen LogP contribution in [0.15, 0.2) is 54.6 Å². The topological polar surface area (TPSA) is 39.1 Å². The normalized spacial score (nSPS) is 21.6.